The fraction of sp³-hybridized carbons (Fsp3) is 0.875. The van der Waals surface area contributed by atoms with E-state index in [1.807, 2.05) is 6.92 Å². The van der Waals surface area contributed by atoms with Crippen molar-refractivity contribution in [3.8, 4) is 0 Å². The second-order valence-corrected chi connectivity index (χ2v) is 3.88. The summed E-state index contributed by atoms with van der Waals surface area (Å²) < 4.78 is 5.34. The van der Waals surface area contributed by atoms with E-state index in [-0.39, 0.29) is 10.6 Å². The first-order valence-corrected chi connectivity index (χ1v) is 4.83. The molecule has 0 saturated heterocycles. The van der Waals surface area contributed by atoms with Crippen LogP contribution in [0.5, 0.6) is 0 Å². The van der Waals surface area contributed by atoms with Gasteiger partial charge in [0.1, 0.15) is 5.44 Å². The Morgan fingerprint density at radius 3 is 2.73 bits per heavy atom. The maximum absolute atomic E-state index is 10.6. The molecule has 0 aliphatic rings. The number of carbonyl (C=O) groups is 1. The summed E-state index contributed by atoms with van der Waals surface area (Å²) in [4.78, 5) is 10.6. The van der Waals surface area contributed by atoms with Crippen molar-refractivity contribution in [1.82, 2.24) is 0 Å². The van der Waals surface area contributed by atoms with Crippen LogP contribution in [0, 0.1) is 0 Å². The molecule has 11 heavy (non-hydrogen) atoms. The predicted molar refractivity (Wildman–Crippen MR) is 48.6 cm³/mol. The van der Waals surface area contributed by atoms with Gasteiger partial charge in [-0.1, -0.05) is 25.1 Å². The topological polar surface area (TPSA) is 26.3 Å². The Bertz CT molecular complexity index is 115. The third kappa shape index (κ3) is 7.88. The standard InChI is InChI=1S/C8H16O2S/c1-4-5-6-10-8(3)11-7(2)9/h8H,4-6H2,1-3H3. The largest absolute Gasteiger partial charge is 0.367 e. The van der Waals surface area contributed by atoms with Crippen LogP contribution < -0.4 is 0 Å². The zero-order valence-corrected chi connectivity index (χ0v) is 8.24. The molecular formula is C8H16O2S. The van der Waals surface area contributed by atoms with Crippen LogP contribution in [0.1, 0.15) is 33.6 Å². The van der Waals surface area contributed by atoms with Crippen LogP contribution in [-0.2, 0) is 9.53 Å². The van der Waals surface area contributed by atoms with Crippen LogP contribution in [-0.4, -0.2) is 17.2 Å². The Hall–Kier alpha value is -0.0200. The molecule has 1 unspecified atom stereocenters. The molecule has 0 aromatic carbocycles. The molecule has 0 rings (SSSR count). The third-order valence-corrected chi connectivity index (χ3v) is 1.98. The van der Waals surface area contributed by atoms with Crippen LogP contribution in [0.4, 0.5) is 0 Å². The Morgan fingerprint density at radius 2 is 2.27 bits per heavy atom. The van der Waals surface area contributed by atoms with Gasteiger partial charge in [-0.05, 0) is 13.3 Å². The van der Waals surface area contributed by atoms with Gasteiger partial charge in [-0.25, -0.2) is 0 Å². The van der Waals surface area contributed by atoms with E-state index in [1.54, 1.807) is 6.92 Å². The smallest absolute Gasteiger partial charge is 0.188 e. The van der Waals surface area contributed by atoms with Crippen molar-refractivity contribution in [2.75, 3.05) is 6.61 Å². The number of hydrogen-bond acceptors (Lipinski definition) is 3. The molecule has 0 spiro atoms. The summed E-state index contributed by atoms with van der Waals surface area (Å²) in [5.74, 6) is 0. The van der Waals surface area contributed by atoms with Crippen molar-refractivity contribution >= 4 is 16.9 Å². The second-order valence-electron chi connectivity index (χ2n) is 2.40. The minimum absolute atomic E-state index is 0.0130. The lowest BCUT2D eigenvalue weighted by Gasteiger charge is -2.09. The van der Waals surface area contributed by atoms with Crippen LogP contribution in [0.15, 0.2) is 0 Å². The molecule has 0 aliphatic carbocycles. The van der Waals surface area contributed by atoms with E-state index in [9.17, 15) is 4.79 Å². The highest BCUT2D eigenvalue weighted by atomic mass is 32.2. The van der Waals surface area contributed by atoms with Crippen molar-refractivity contribution in [1.29, 1.82) is 0 Å². The molecule has 0 fully saturated rings. The maximum Gasteiger partial charge on any atom is 0.188 e. The summed E-state index contributed by atoms with van der Waals surface area (Å²) in [6.45, 7) is 6.34. The molecule has 0 aromatic rings. The Morgan fingerprint density at radius 1 is 1.64 bits per heavy atom. The van der Waals surface area contributed by atoms with Gasteiger partial charge >= 0.3 is 0 Å². The number of carbonyl (C=O) groups excluding carboxylic acids is 1. The fourth-order valence-electron chi connectivity index (χ4n) is 0.661. The van der Waals surface area contributed by atoms with Gasteiger partial charge in [0, 0.05) is 13.5 Å². The van der Waals surface area contributed by atoms with Crippen molar-refractivity contribution in [2.45, 2.75) is 39.0 Å². The van der Waals surface area contributed by atoms with E-state index >= 15 is 0 Å². The first-order chi connectivity index (χ1) is 5.16. The zero-order valence-electron chi connectivity index (χ0n) is 7.42. The van der Waals surface area contributed by atoms with E-state index in [0.717, 1.165) is 19.4 Å². The molecule has 2 nitrogen and oxygen atoms in total. The lowest BCUT2D eigenvalue weighted by Crippen LogP contribution is -2.06. The average Bonchev–Trinajstić information content (AvgIpc) is 1.86. The van der Waals surface area contributed by atoms with Gasteiger partial charge in [-0.15, -0.1) is 0 Å². The SMILES string of the molecule is CCCCOC(C)SC(C)=O. The zero-order chi connectivity index (χ0) is 8.69. The van der Waals surface area contributed by atoms with E-state index < -0.39 is 0 Å². The van der Waals surface area contributed by atoms with Gasteiger partial charge in [0.25, 0.3) is 0 Å². The number of thioether (sulfide) groups is 1. The van der Waals surface area contributed by atoms with Gasteiger partial charge < -0.3 is 4.74 Å². The van der Waals surface area contributed by atoms with E-state index in [4.69, 9.17) is 4.74 Å². The number of ether oxygens (including phenoxy) is 1. The maximum atomic E-state index is 10.6. The van der Waals surface area contributed by atoms with Gasteiger partial charge in [0.05, 0.1) is 0 Å². The summed E-state index contributed by atoms with van der Waals surface area (Å²) in [6.07, 6.45) is 2.21. The van der Waals surface area contributed by atoms with E-state index in [1.165, 1.54) is 11.8 Å². The van der Waals surface area contributed by atoms with Crippen molar-refractivity contribution < 1.29 is 9.53 Å². The Labute approximate surface area is 72.7 Å². The normalized spacial score (nSPS) is 13.0. The fourth-order valence-corrected chi connectivity index (χ4v) is 1.29. The van der Waals surface area contributed by atoms with Gasteiger partial charge in [-0.2, -0.15) is 0 Å². The number of unbranched alkanes of at least 4 members (excludes halogenated alkanes) is 1. The van der Waals surface area contributed by atoms with Gasteiger partial charge in [-0.3, -0.25) is 4.79 Å². The van der Waals surface area contributed by atoms with E-state index in [2.05, 4.69) is 6.92 Å². The second kappa shape index (κ2) is 6.68. The highest BCUT2D eigenvalue weighted by molar-refractivity contribution is 8.13. The van der Waals surface area contributed by atoms with Gasteiger partial charge in [0.15, 0.2) is 5.12 Å². The van der Waals surface area contributed by atoms with Crippen LogP contribution in [0.2, 0.25) is 0 Å². The lowest BCUT2D eigenvalue weighted by atomic mass is 10.4. The molecule has 0 saturated carbocycles. The van der Waals surface area contributed by atoms with Crippen molar-refractivity contribution in [3.63, 3.8) is 0 Å². The van der Waals surface area contributed by atoms with Crippen molar-refractivity contribution in [3.05, 3.63) is 0 Å². The average molecular weight is 176 g/mol. The molecule has 1 atom stereocenters. The highest BCUT2D eigenvalue weighted by Gasteiger charge is 2.04. The first-order valence-electron chi connectivity index (χ1n) is 3.95. The highest BCUT2D eigenvalue weighted by Crippen LogP contribution is 2.12. The molecule has 66 valence electrons. The molecule has 0 amide bonds. The summed E-state index contributed by atoms with van der Waals surface area (Å²) >= 11 is 1.24. The van der Waals surface area contributed by atoms with Gasteiger partial charge in [0.2, 0.25) is 0 Å². The molecule has 3 heteroatoms. The number of rotatable bonds is 5. The third-order valence-electron chi connectivity index (χ3n) is 1.18. The minimum Gasteiger partial charge on any atom is -0.367 e. The molecule has 0 aromatic heterocycles. The lowest BCUT2D eigenvalue weighted by molar-refractivity contribution is -0.109. The summed E-state index contributed by atoms with van der Waals surface area (Å²) in [6, 6.07) is 0. The molecular weight excluding hydrogens is 160 g/mol. The van der Waals surface area contributed by atoms with E-state index in [0.29, 0.717) is 0 Å². The van der Waals surface area contributed by atoms with Crippen LogP contribution in [0.3, 0.4) is 0 Å². The summed E-state index contributed by atoms with van der Waals surface area (Å²) in [5.41, 5.74) is 0.0130. The molecule has 0 radical (unpaired) electrons. The monoisotopic (exact) mass is 176 g/mol. The molecule has 0 N–H and O–H groups in total. The Balaban J connectivity index is 3.22. The van der Waals surface area contributed by atoms with Crippen LogP contribution in [0.25, 0.3) is 0 Å². The quantitative estimate of drug-likeness (QED) is 0.475. The van der Waals surface area contributed by atoms with Crippen LogP contribution >= 0.6 is 11.8 Å². The Kier molecular flexibility index (Phi) is 6.66. The first kappa shape index (κ1) is 11.0. The summed E-state index contributed by atoms with van der Waals surface area (Å²) in [7, 11) is 0. The predicted octanol–water partition coefficient (Wildman–Crippen LogP) is 2.43. The summed E-state index contributed by atoms with van der Waals surface area (Å²) in [5, 5.41) is 0.119. The minimum atomic E-state index is 0.0130. The molecule has 0 heterocycles. The molecule has 0 bridgehead atoms. The number of hydrogen-bond donors (Lipinski definition) is 0. The van der Waals surface area contributed by atoms with Crippen molar-refractivity contribution in [2.24, 2.45) is 0 Å². The molecule has 0 aliphatic heterocycles.